The third-order valence-corrected chi connectivity index (χ3v) is 3.70. The van der Waals surface area contributed by atoms with Crippen molar-refractivity contribution in [3.63, 3.8) is 0 Å². The molecule has 0 fully saturated rings. The highest BCUT2D eigenvalue weighted by atomic mass is 19.1. The number of hydrogen-bond donors (Lipinski definition) is 1. The van der Waals surface area contributed by atoms with Crippen molar-refractivity contribution >= 4 is 22.5 Å². The largest absolute Gasteiger partial charge is 0.340 e. The summed E-state index contributed by atoms with van der Waals surface area (Å²) >= 11 is 0. The van der Waals surface area contributed by atoms with E-state index in [-0.39, 0.29) is 11.7 Å². The van der Waals surface area contributed by atoms with Crippen molar-refractivity contribution in [3.05, 3.63) is 65.6 Å². The zero-order valence-corrected chi connectivity index (χ0v) is 11.9. The van der Waals surface area contributed by atoms with Gasteiger partial charge in [-0.05, 0) is 31.2 Å². The van der Waals surface area contributed by atoms with E-state index >= 15 is 0 Å². The molecular weight excluding hydrogens is 267 g/mol. The number of hydrogen-bond acceptors (Lipinski definition) is 1. The van der Waals surface area contributed by atoms with Gasteiger partial charge in [-0.15, -0.1) is 0 Å². The topological polar surface area (TPSA) is 34.0 Å². The first kappa shape index (κ1) is 13.4. The molecule has 1 heterocycles. The van der Waals surface area contributed by atoms with Gasteiger partial charge in [-0.1, -0.05) is 24.3 Å². The van der Waals surface area contributed by atoms with Gasteiger partial charge in [0.1, 0.15) is 11.5 Å². The molecular formula is C17H15FN2O. The first-order valence-corrected chi connectivity index (χ1v) is 6.69. The summed E-state index contributed by atoms with van der Waals surface area (Å²) in [4.78, 5) is 12.4. The molecule has 1 amide bonds. The molecule has 0 unspecified atom stereocenters. The Balaban J connectivity index is 1.97. The number of para-hydroxylation sites is 1. The second-order valence-electron chi connectivity index (χ2n) is 5.01. The molecule has 0 aliphatic rings. The minimum Gasteiger partial charge on any atom is -0.340 e. The van der Waals surface area contributed by atoms with Crippen LogP contribution in [0.4, 0.5) is 10.1 Å². The van der Waals surface area contributed by atoms with Crippen LogP contribution >= 0.6 is 0 Å². The number of halogens is 1. The molecule has 21 heavy (non-hydrogen) atoms. The van der Waals surface area contributed by atoms with Crippen molar-refractivity contribution in [2.45, 2.75) is 6.92 Å². The lowest BCUT2D eigenvalue weighted by atomic mass is 10.2. The molecule has 1 aromatic heterocycles. The van der Waals surface area contributed by atoms with E-state index in [0.717, 1.165) is 10.9 Å². The molecule has 0 aliphatic carbocycles. The van der Waals surface area contributed by atoms with Crippen LogP contribution in [0.3, 0.4) is 0 Å². The summed E-state index contributed by atoms with van der Waals surface area (Å²) in [6.07, 6.45) is 0. The molecule has 3 aromatic rings. The van der Waals surface area contributed by atoms with E-state index in [1.165, 1.54) is 6.07 Å². The molecule has 0 radical (unpaired) electrons. The van der Waals surface area contributed by atoms with Crippen LogP contribution in [0.1, 0.15) is 16.1 Å². The summed E-state index contributed by atoms with van der Waals surface area (Å²) in [5, 5.41) is 3.77. The number of nitrogens with zero attached hydrogens (tertiary/aromatic N) is 1. The lowest BCUT2D eigenvalue weighted by molar-refractivity contribution is 0.101. The zero-order chi connectivity index (χ0) is 15.0. The standard InChI is InChI=1S/C17H15FN2O/c1-11-13(18)7-5-8-14(11)19-17(21)16-10-12-6-3-4-9-15(12)20(16)2/h3-10H,1-2H3,(H,19,21). The fraction of sp³-hybridized carbons (Fsp3) is 0.118. The van der Waals surface area contributed by atoms with Gasteiger partial charge in [-0.3, -0.25) is 4.79 Å². The molecule has 0 atom stereocenters. The van der Waals surface area contributed by atoms with E-state index in [0.29, 0.717) is 16.9 Å². The number of rotatable bonds is 2. The van der Waals surface area contributed by atoms with Crippen molar-refractivity contribution in [1.82, 2.24) is 4.57 Å². The minimum atomic E-state index is -0.329. The predicted octanol–water partition coefficient (Wildman–Crippen LogP) is 3.88. The van der Waals surface area contributed by atoms with Gasteiger partial charge < -0.3 is 9.88 Å². The zero-order valence-electron chi connectivity index (χ0n) is 11.9. The summed E-state index contributed by atoms with van der Waals surface area (Å²) < 4.78 is 15.4. The fourth-order valence-corrected chi connectivity index (χ4v) is 2.44. The second kappa shape index (κ2) is 5.05. The van der Waals surface area contributed by atoms with E-state index in [9.17, 15) is 9.18 Å². The first-order chi connectivity index (χ1) is 10.1. The van der Waals surface area contributed by atoms with Gasteiger partial charge in [0.15, 0.2) is 0 Å². The monoisotopic (exact) mass is 282 g/mol. The van der Waals surface area contributed by atoms with Crippen LogP contribution in [0, 0.1) is 12.7 Å². The lowest BCUT2D eigenvalue weighted by Crippen LogP contribution is -2.16. The van der Waals surface area contributed by atoms with Crippen LogP contribution in [0.5, 0.6) is 0 Å². The molecule has 3 rings (SSSR count). The average molecular weight is 282 g/mol. The highest BCUT2D eigenvalue weighted by Gasteiger charge is 2.14. The maximum atomic E-state index is 13.5. The first-order valence-electron chi connectivity index (χ1n) is 6.69. The smallest absolute Gasteiger partial charge is 0.272 e. The molecule has 0 bridgehead atoms. The van der Waals surface area contributed by atoms with Gasteiger partial charge in [0.05, 0.1) is 0 Å². The van der Waals surface area contributed by atoms with E-state index in [2.05, 4.69) is 5.32 Å². The number of benzene rings is 2. The number of carbonyl (C=O) groups is 1. The van der Waals surface area contributed by atoms with E-state index in [1.807, 2.05) is 41.9 Å². The number of aryl methyl sites for hydroxylation is 1. The second-order valence-corrected chi connectivity index (χ2v) is 5.01. The Bertz CT molecular complexity index is 836. The van der Waals surface area contributed by atoms with E-state index in [4.69, 9.17) is 0 Å². The van der Waals surface area contributed by atoms with Crippen molar-refractivity contribution in [3.8, 4) is 0 Å². The summed E-state index contributed by atoms with van der Waals surface area (Å²) in [5.41, 5.74) is 2.45. The van der Waals surface area contributed by atoms with Crippen molar-refractivity contribution in [2.24, 2.45) is 7.05 Å². The van der Waals surface area contributed by atoms with Crippen molar-refractivity contribution in [1.29, 1.82) is 0 Å². The molecule has 4 heteroatoms. The quantitative estimate of drug-likeness (QED) is 0.760. The number of carbonyl (C=O) groups excluding carboxylic acids is 1. The molecule has 0 spiro atoms. The number of nitrogens with one attached hydrogen (secondary N) is 1. The van der Waals surface area contributed by atoms with Gasteiger partial charge >= 0.3 is 0 Å². The van der Waals surface area contributed by atoms with Crippen LogP contribution < -0.4 is 5.32 Å². The average Bonchev–Trinajstić information content (AvgIpc) is 2.82. The SMILES string of the molecule is Cc1c(F)cccc1NC(=O)c1cc2ccccc2n1C. The summed E-state index contributed by atoms with van der Waals surface area (Å²) in [5.74, 6) is -0.577. The van der Waals surface area contributed by atoms with Crippen LogP contribution in [0.15, 0.2) is 48.5 Å². The maximum absolute atomic E-state index is 13.5. The Morgan fingerprint density at radius 2 is 1.90 bits per heavy atom. The Kier molecular flexibility index (Phi) is 3.22. The Morgan fingerprint density at radius 3 is 2.67 bits per heavy atom. The van der Waals surface area contributed by atoms with Gasteiger partial charge in [-0.25, -0.2) is 4.39 Å². The Morgan fingerprint density at radius 1 is 1.14 bits per heavy atom. The van der Waals surface area contributed by atoms with Crippen molar-refractivity contribution < 1.29 is 9.18 Å². The molecule has 3 nitrogen and oxygen atoms in total. The van der Waals surface area contributed by atoms with Crippen LogP contribution in [0.25, 0.3) is 10.9 Å². The molecule has 0 saturated carbocycles. The highest BCUT2D eigenvalue weighted by molar-refractivity contribution is 6.06. The van der Waals surface area contributed by atoms with Crippen molar-refractivity contribution in [2.75, 3.05) is 5.32 Å². The minimum absolute atomic E-state index is 0.248. The molecule has 2 aromatic carbocycles. The molecule has 0 saturated heterocycles. The Hall–Kier alpha value is -2.62. The molecule has 106 valence electrons. The summed E-state index contributed by atoms with van der Waals surface area (Å²) in [6.45, 7) is 1.65. The van der Waals surface area contributed by atoms with Crippen LogP contribution in [-0.4, -0.2) is 10.5 Å². The summed E-state index contributed by atoms with van der Waals surface area (Å²) in [7, 11) is 1.84. The number of aromatic nitrogens is 1. The maximum Gasteiger partial charge on any atom is 0.272 e. The lowest BCUT2D eigenvalue weighted by Gasteiger charge is -2.09. The molecule has 0 aliphatic heterocycles. The number of fused-ring (bicyclic) bond motifs is 1. The number of amides is 1. The Labute approximate surface area is 122 Å². The van der Waals surface area contributed by atoms with Gasteiger partial charge in [0.25, 0.3) is 5.91 Å². The fourth-order valence-electron chi connectivity index (χ4n) is 2.44. The van der Waals surface area contributed by atoms with Gasteiger partial charge in [-0.2, -0.15) is 0 Å². The van der Waals surface area contributed by atoms with Crippen LogP contribution in [0.2, 0.25) is 0 Å². The number of anilines is 1. The third kappa shape index (κ3) is 2.29. The van der Waals surface area contributed by atoms with Crippen LogP contribution in [-0.2, 0) is 7.05 Å². The van der Waals surface area contributed by atoms with E-state index in [1.54, 1.807) is 19.1 Å². The normalized spacial score (nSPS) is 10.8. The predicted molar refractivity (Wildman–Crippen MR) is 82.0 cm³/mol. The van der Waals surface area contributed by atoms with E-state index < -0.39 is 0 Å². The molecule has 1 N–H and O–H groups in total. The third-order valence-electron chi connectivity index (χ3n) is 3.70. The highest BCUT2D eigenvalue weighted by Crippen LogP contribution is 2.21. The van der Waals surface area contributed by atoms with Gasteiger partial charge in [0.2, 0.25) is 0 Å². The summed E-state index contributed by atoms with van der Waals surface area (Å²) in [6, 6.07) is 14.3. The van der Waals surface area contributed by atoms with Gasteiger partial charge in [0, 0.05) is 29.2 Å².